The molecule has 1 atom stereocenters. The fourth-order valence-corrected chi connectivity index (χ4v) is 3.03. The lowest BCUT2D eigenvalue weighted by Crippen LogP contribution is -2.47. The Labute approximate surface area is 200 Å². The Morgan fingerprint density at radius 3 is 1.97 bits per heavy atom. The molecule has 0 fully saturated rings. The van der Waals surface area contributed by atoms with E-state index in [4.69, 9.17) is 14.2 Å². The van der Waals surface area contributed by atoms with Gasteiger partial charge in [0.05, 0.1) is 34.3 Å². The van der Waals surface area contributed by atoms with Crippen LogP contribution in [0, 0.1) is 0 Å². The molecule has 0 aliphatic heterocycles. The van der Waals surface area contributed by atoms with Crippen molar-refractivity contribution in [3.8, 4) is 5.75 Å². The predicted molar refractivity (Wildman–Crippen MR) is 131 cm³/mol. The van der Waals surface area contributed by atoms with Crippen LogP contribution in [0.5, 0.6) is 5.75 Å². The summed E-state index contributed by atoms with van der Waals surface area (Å²) in [7, 11) is 6.61. The number of nitrogens with zero attached hydrogens (tertiary/aromatic N) is 1. The van der Waals surface area contributed by atoms with Gasteiger partial charge in [0.1, 0.15) is 23.0 Å². The first-order valence-corrected chi connectivity index (χ1v) is 11.8. The number of esters is 1. The van der Waals surface area contributed by atoms with Gasteiger partial charge in [-0.15, -0.1) is 0 Å². The van der Waals surface area contributed by atoms with Gasteiger partial charge in [-0.2, -0.15) is 0 Å². The van der Waals surface area contributed by atoms with Gasteiger partial charge in [-0.1, -0.05) is 12.1 Å². The maximum atomic E-state index is 12.7. The molecule has 1 aromatic rings. The van der Waals surface area contributed by atoms with Gasteiger partial charge in [0.2, 0.25) is 0 Å². The van der Waals surface area contributed by atoms with Gasteiger partial charge in [0.25, 0.3) is 0 Å². The van der Waals surface area contributed by atoms with E-state index in [1.807, 2.05) is 24.3 Å². The molecule has 1 aromatic carbocycles. The number of amides is 1. The predicted octanol–water partition coefficient (Wildman–Crippen LogP) is 4.72. The molecule has 7 nitrogen and oxygen atoms in total. The minimum atomic E-state index is -0.855. The molecule has 0 saturated heterocycles. The van der Waals surface area contributed by atoms with E-state index in [2.05, 4.69) is 26.5 Å². The van der Waals surface area contributed by atoms with Gasteiger partial charge >= 0.3 is 12.1 Å². The molecule has 0 bridgehead atoms. The van der Waals surface area contributed by atoms with Crippen LogP contribution in [0.1, 0.15) is 66.4 Å². The minimum Gasteiger partial charge on any atom is -0.494 e. The van der Waals surface area contributed by atoms with Gasteiger partial charge in [-0.25, -0.2) is 9.59 Å². The summed E-state index contributed by atoms with van der Waals surface area (Å²) in [5.41, 5.74) is -0.431. The van der Waals surface area contributed by atoms with Gasteiger partial charge in [-0.3, -0.25) is 0 Å². The second-order valence-corrected chi connectivity index (χ2v) is 11.5. The molecule has 7 heteroatoms. The Morgan fingerprint density at radius 2 is 1.45 bits per heavy atom. The van der Waals surface area contributed by atoms with Gasteiger partial charge in [-0.05, 0) is 78.5 Å². The van der Waals surface area contributed by atoms with E-state index >= 15 is 0 Å². The summed E-state index contributed by atoms with van der Waals surface area (Å²) in [6.07, 6.45) is 2.98. The molecule has 188 valence electrons. The van der Waals surface area contributed by atoms with Crippen molar-refractivity contribution in [3.63, 3.8) is 0 Å². The molecule has 0 aliphatic carbocycles. The number of carbonyl (C=O) groups excluding carboxylic acids is 2. The third kappa shape index (κ3) is 14.5. The fourth-order valence-electron chi connectivity index (χ4n) is 3.03. The fraction of sp³-hybridized carbons (Fsp3) is 0.692. The average Bonchev–Trinajstić information content (AvgIpc) is 2.61. The number of benzene rings is 1. The number of quaternary nitrogens is 1. The van der Waals surface area contributed by atoms with Crippen LogP contribution in [0.2, 0.25) is 0 Å². The highest BCUT2D eigenvalue weighted by Crippen LogP contribution is 2.17. The number of carbonyl (C=O) groups is 2. The topological polar surface area (TPSA) is 73.9 Å². The Balaban J connectivity index is 2.66. The number of alkyl carbamates (subject to hydrolysis) is 1. The number of hydrogen-bond acceptors (Lipinski definition) is 5. The molecule has 0 spiro atoms. The average molecular weight is 466 g/mol. The number of nitrogens with one attached hydrogen (secondary N) is 1. The number of hydrogen-bond donors (Lipinski definition) is 1. The van der Waals surface area contributed by atoms with E-state index in [1.165, 1.54) is 6.42 Å². The van der Waals surface area contributed by atoms with Crippen LogP contribution in [0.3, 0.4) is 0 Å². The van der Waals surface area contributed by atoms with Crippen molar-refractivity contribution in [2.75, 3.05) is 34.3 Å². The molecular formula is C26H45N2O5+. The van der Waals surface area contributed by atoms with Crippen molar-refractivity contribution in [1.29, 1.82) is 0 Å². The van der Waals surface area contributed by atoms with Crippen LogP contribution < -0.4 is 10.1 Å². The zero-order valence-corrected chi connectivity index (χ0v) is 22.1. The summed E-state index contributed by atoms with van der Waals surface area (Å²) in [5, 5.41) is 2.66. The first-order chi connectivity index (χ1) is 15.0. The summed E-state index contributed by atoms with van der Waals surface area (Å²) in [6.45, 7) is 12.5. The van der Waals surface area contributed by atoms with E-state index in [-0.39, 0.29) is 0 Å². The minimum absolute atomic E-state index is 0.291. The highest BCUT2D eigenvalue weighted by Gasteiger charge is 2.29. The van der Waals surface area contributed by atoms with E-state index in [9.17, 15) is 9.59 Å². The summed E-state index contributed by atoms with van der Waals surface area (Å²) in [6, 6.07) is 6.73. The van der Waals surface area contributed by atoms with Crippen LogP contribution in [0.4, 0.5) is 4.79 Å². The van der Waals surface area contributed by atoms with Crippen LogP contribution in [0.15, 0.2) is 24.3 Å². The van der Waals surface area contributed by atoms with Crippen molar-refractivity contribution >= 4 is 12.1 Å². The summed E-state index contributed by atoms with van der Waals surface area (Å²) in [4.78, 5) is 25.0. The van der Waals surface area contributed by atoms with Crippen LogP contribution >= 0.6 is 0 Å². The molecular weight excluding hydrogens is 420 g/mol. The number of rotatable bonds is 11. The lowest BCUT2D eigenvalue weighted by atomic mass is 10.1. The van der Waals surface area contributed by atoms with E-state index < -0.39 is 29.3 Å². The van der Waals surface area contributed by atoms with E-state index in [0.29, 0.717) is 13.0 Å². The van der Waals surface area contributed by atoms with Crippen LogP contribution in [-0.2, 0) is 20.7 Å². The van der Waals surface area contributed by atoms with Crippen molar-refractivity contribution in [3.05, 3.63) is 29.8 Å². The molecule has 0 radical (unpaired) electrons. The van der Waals surface area contributed by atoms with E-state index in [1.54, 1.807) is 41.5 Å². The molecule has 0 heterocycles. The first kappa shape index (κ1) is 28.8. The molecule has 1 N–H and O–H groups in total. The Bertz CT molecular complexity index is 740. The maximum Gasteiger partial charge on any atom is 0.408 e. The molecule has 0 aromatic heterocycles. The lowest BCUT2D eigenvalue weighted by molar-refractivity contribution is -0.870. The first-order valence-electron chi connectivity index (χ1n) is 11.8. The second-order valence-electron chi connectivity index (χ2n) is 11.5. The lowest BCUT2D eigenvalue weighted by Gasteiger charge is -2.26. The number of unbranched alkanes of at least 4 members (excludes halogenated alkanes) is 2. The van der Waals surface area contributed by atoms with Crippen molar-refractivity contribution in [2.24, 2.45) is 0 Å². The smallest absolute Gasteiger partial charge is 0.408 e. The second kappa shape index (κ2) is 12.3. The molecule has 0 aliphatic rings. The molecule has 0 saturated carbocycles. The van der Waals surface area contributed by atoms with Crippen LogP contribution in [0.25, 0.3) is 0 Å². The summed E-state index contributed by atoms with van der Waals surface area (Å²) >= 11 is 0. The maximum absolute atomic E-state index is 12.7. The Morgan fingerprint density at radius 1 is 0.879 bits per heavy atom. The van der Waals surface area contributed by atoms with Gasteiger partial charge < -0.3 is 24.0 Å². The third-order valence-electron chi connectivity index (χ3n) is 4.49. The molecule has 0 unspecified atom stereocenters. The van der Waals surface area contributed by atoms with Gasteiger partial charge in [0.15, 0.2) is 0 Å². The Kier molecular flexibility index (Phi) is 10.7. The summed E-state index contributed by atoms with van der Waals surface area (Å²) < 4.78 is 17.6. The molecule has 33 heavy (non-hydrogen) atoms. The highest BCUT2D eigenvalue weighted by atomic mass is 16.6. The highest BCUT2D eigenvalue weighted by molar-refractivity contribution is 5.82. The van der Waals surface area contributed by atoms with E-state index in [0.717, 1.165) is 35.2 Å². The van der Waals surface area contributed by atoms with Crippen molar-refractivity contribution in [2.45, 2.75) is 84.5 Å². The van der Waals surface area contributed by atoms with Gasteiger partial charge in [0, 0.05) is 6.42 Å². The normalized spacial score (nSPS) is 13.2. The molecule has 1 amide bonds. The summed E-state index contributed by atoms with van der Waals surface area (Å²) in [5.74, 6) is 0.293. The van der Waals surface area contributed by atoms with Crippen molar-refractivity contribution in [1.82, 2.24) is 5.32 Å². The SMILES string of the molecule is CC(C)(C)OC(=O)N[C@@H](Cc1ccc(OCCCCC[N+](C)(C)C)cc1)C(=O)OC(C)(C)C. The quantitative estimate of drug-likeness (QED) is 0.291. The molecule has 1 rings (SSSR count). The Hall–Kier alpha value is -2.28. The standard InChI is InChI=1S/C26H44N2O5/c1-25(2,3)32-23(29)22(27-24(30)33-26(4,5)6)19-20-13-15-21(16-14-20)31-18-12-10-11-17-28(7,8)9/h13-16,22H,10-12,17-19H2,1-9H3/p+1/t22-/m0/s1. The van der Waals surface area contributed by atoms with Crippen molar-refractivity contribution < 1.29 is 28.3 Å². The zero-order valence-electron chi connectivity index (χ0n) is 22.1. The zero-order chi connectivity index (χ0) is 25.3. The third-order valence-corrected chi connectivity index (χ3v) is 4.49. The van der Waals surface area contributed by atoms with Crippen LogP contribution in [-0.4, -0.2) is 68.1 Å². The monoisotopic (exact) mass is 465 g/mol. The largest absolute Gasteiger partial charge is 0.494 e. The number of ether oxygens (including phenoxy) is 3.